The van der Waals surface area contributed by atoms with Crippen molar-refractivity contribution in [3.05, 3.63) is 92.9 Å². The van der Waals surface area contributed by atoms with Gasteiger partial charge in [-0.25, -0.2) is 24.1 Å². The number of nitrogens with two attached hydrogens (primary N) is 1. The van der Waals surface area contributed by atoms with E-state index < -0.39 is 11.2 Å². The van der Waals surface area contributed by atoms with Crippen molar-refractivity contribution in [3.63, 3.8) is 0 Å². The molecule has 0 unspecified atom stereocenters. The highest BCUT2D eigenvalue weighted by molar-refractivity contribution is 5.90. The minimum absolute atomic E-state index is 0.0327. The monoisotopic (exact) mass is 499 g/mol. The molecular formula is C26H25N7O4. The number of aromatic nitrogens is 6. The quantitative estimate of drug-likeness (QED) is 0.322. The highest BCUT2D eigenvalue weighted by Crippen LogP contribution is 2.32. The van der Waals surface area contributed by atoms with Gasteiger partial charge in [-0.1, -0.05) is 42.0 Å². The molecule has 11 nitrogen and oxygen atoms in total. The predicted octanol–water partition coefficient (Wildman–Crippen LogP) is 1.72. The van der Waals surface area contributed by atoms with Crippen molar-refractivity contribution in [3.8, 4) is 28.3 Å². The number of methoxy groups -OCH3 is 1. The van der Waals surface area contributed by atoms with Crippen molar-refractivity contribution in [1.29, 1.82) is 0 Å². The predicted molar refractivity (Wildman–Crippen MR) is 139 cm³/mol. The number of hydrogen-bond donors (Lipinski definition) is 2. The summed E-state index contributed by atoms with van der Waals surface area (Å²) in [6, 6.07) is 14.8. The Balaban J connectivity index is 1.90. The maximum absolute atomic E-state index is 14.2. The molecule has 0 amide bonds. The molecule has 188 valence electrons. The van der Waals surface area contributed by atoms with Crippen LogP contribution in [0.5, 0.6) is 6.01 Å². The van der Waals surface area contributed by atoms with Gasteiger partial charge in [0, 0.05) is 29.2 Å². The number of aryl methyl sites for hydroxylation is 1. The van der Waals surface area contributed by atoms with Gasteiger partial charge in [0.25, 0.3) is 5.56 Å². The van der Waals surface area contributed by atoms with Crippen LogP contribution >= 0.6 is 0 Å². The Morgan fingerprint density at radius 2 is 1.62 bits per heavy atom. The maximum atomic E-state index is 14.2. The Morgan fingerprint density at radius 3 is 2.24 bits per heavy atom. The van der Waals surface area contributed by atoms with Crippen LogP contribution < -0.4 is 21.7 Å². The van der Waals surface area contributed by atoms with Gasteiger partial charge in [-0.15, -0.1) is 5.10 Å². The average Bonchev–Trinajstić information content (AvgIpc) is 3.23. The molecule has 0 aliphatic carbocycles. The summed E-state index contributed by atoms with van der Waals surface area (Å²) >= 11 is 0. The molecule has 0 aliphatic rings. The lowest BCUT2D eigenvalue weighted by molar-refractivity contribution is 0.267. The molecule has 0 spiro atoms. The molecule has 37 heavy (non-hydrogen) atoms. The number of aliphatic hydroxyl groups excluding tert-OH is 1. The van der Waals surface area contributed by atoms with Gasteiger partial charge in [0.1, 0.15) is 0 Å². The third-order valence-corrected chi connectivity index (χ3v) is 6.04. The first-order valence-electron chi connectivity index (χ1n) is 11.6. The van der Waals surface area contributed by atoms with Gasteiger partial charge in [-0.3, -0.25) is 4.79 Å². The van der Waals surface area contributed by atoms with Gasteiger partial charge >= 0.3 is 11.7 Å². The Hall–Kier alpha value is -4.77. The van der Waals surface area contributed by atoms with Crippen LogP contribution in [-0.4, -0.2) is 47.8 Å². The number of nitrogen functional groups attached to an aromatic ring is 1. The van der Waals surface area contributed by atoms with Crippen molar-refractivity contribution in [2.24, 2.45) is 0 Å². The molecule has 0 aliphatic heterocycles. The summed E-state index contributed by atoms with van der Waals surface area (Å²) in [6.45, 7) is 1.77. The van der Waals surface area contributed by atoms with Crippen LogP contribution in [0.4, 0.5) is 5.69 Å². The fourth-order valence-electron chi connectivity index (χ4n) is 4.20. The van der Waals surface area contributed by atoms with Gasteiger partial charge in [-0.2, -0.15) is 4.52 Å². The first-order chi connectivity index (χ1) is 17.9. The van der Waals surface area contributed by atoms with Crippen LogP contribution in [-0.2, 0) is 13.1 Å². The second-order valence-corrected chi connectivity index (χ2v) is 8.54. The number of hydrogen-bond acceptors (Lipinski definition) is 8. The van der Waals surface area contributed by atoms with E-state index in [1.54, 1.807) is 24.3 Å². The zero-order valence-electron chi connectivity index (χ0n) is 20.3. The molecule has 0 bridgehead atoms. The van der Waals surface area contributed by atoms with E-state index in [2.05, 4.69) is 15.1 Å². The van der Waals surface area contributed by atoms with Crippen molar-refractivity contribution < 1.29 is 9.84 Å². The molecular weight excluding hydrogens is 474 g/mol. The summed E-state index contributed by atoms with van der Waals surface area (Å²) < 4.78 is 8.84. The van der Waals surface area contributed by atoms with E-state index in [0.29, 0.717) is 27.9 Å². The summed E-state index contributed by atoms with van der Waals surface area (Å²) in [4.78, 5) is 36.0. The highest BCUT2D eigenvalue weighted by atomic mass is 16.5. The third kappa shape index (κ3) is 4.36. The van der Waals surface area contributed by atoms with Gasteiger partial charge < -0.3 is 15.6 Å². The molecule has 0 radical (unpaired) electrons. The summed E-state index contributed by atoms with van der Waals surface area (Å²) in [5.74, 6) is 0. The lowest BCUT2D eigenvalue weighted by atomic mass is 9.98. The van der Waals surface area contributed by atoms with Gasteiger partial charge in [0.2, 0.25) is 0 Å². The highest BCUT2D eigenvalue weighted by Gasteiger charge is 2.25. The van der Waals surface area contributed by atoms with E-state index >= 15 is 0 Å². The molecule has 3 aromatic heterocycles. The van der Waals surface area contributed by atoms with Crippen LogP contribution in [0.1, 0.15) is 11.1 Å². The topological polar surface area (TPSA) is 143 Å². The summed E-state index contributed by atoms with van der Waals surface area (Å²) in [5, 5.41) is 14.1. The lowest BCUT2D eigenvalue weighted by Gasteiger charge is -2.16. The Kier molecular flexibility index (Phi) is 6.28. The zero-order valence-corrected chi connectivity index (χ0v) is 20.3. The fraction of sp³-hybridized carbons (Fsp3) is 0.192. The number of rotatable bonds is 7. The molecule has 0 saturated heterocycles. The molecule has 5 rings (SSSR count). The van der Waals surface area contributed by atoms with Crippen molar-refractivity contribution in [2.75, 3.05) is 19.5 Å². The first kappa shape index (κ1) is 23.9. The summed E-state index contributed by atoms with van der Waals surface area (Å²) in [7, 11) is 1.45. The molecule has 3 N–H and O–H groups in total. The molecule has 0 atom stereocenters. The molecule has 3 heterocycles. The third-order valence-electron chi connectivity index (χ3n) is 6.04. The molecule has 11 heteroatoms. The van der Waals surface area contributed by atoms with Crippen molar-refractivity contribution in [2.45, 2.75) is 20.0 Å². The lowest BCUT2D eigenvalue weighted by Crippen LogP contribution is -2.35. The number of fused-ring (bicyclic) bond motifs is 1. The largest absolute Gasteiger partial charge is 0.467 e. The number of benzene rings is 2. The van der Waals surface area contributed by atoms with Gasteiger partial charge in [-0.05, 0) is 30.2 Å². The standard InChI is InChI=1S/C26H25N7O4/c1-16-3-5-17(6-4-16)15-32-24(35)22(18-7-9-20(27)10-8-18)21(19-13-28-25(37-2)29-14-19)23-30-31(11-12-34)26(36)33(23)32/h3-10,13-14,34H,11-12,15,27H2,1-2H3. The Bertz CT molecular complexity index is 1680. The van der Waals surface area contributed by atoms with E-state index in [0.717, 1.165) is 15.8 Å². The smallest absolute Gasteiger partial charge is 0.365 e. The van der Waals surface area contributed by atoms with E-state index in [9.17, 15) is 14.7 Å². The summed E-state index contributed by atoms with van der Waals surface area (Å²) in [5.41, 5.74) is 9.39. The fourth-order valence-corrected chi connectivity index (χ4v) is 4.20. The van der Waals surface area contributed by atoms with Gasteiger partial charge in [0.15, 0.2) is 5.65 Å². The van der Waals surface area contributed by atoms with Crippen LogP contribution in [0, 0.1) is 6.92 Å². The Labute approximate surface area is 211 Å². The molecule has 0 saturated carbocycles. The maximum Gasteiger partial charge on any atom is 0.365 e. The number of nitrogens with zero attached hydrogens (tertiary/aromatic N) is 6. The first-order valence-corrected chi connectivity index (χ1v) is 11.6. The van der Waals surface area contributed by atoms with Crippen molar-refractivity contribution >= 4 is 11.3 Å². The molecule has 2 aromatic carbocycles. The van der Waals surface area contributed by atoms with Crippen LogP contribution in [0.25, 0.3) is 27.9 Å². The number of anilines is 1. The summed E-state index contributed by atoms with van der Waals surface area (Å²) in [6.07, 6.45) is 3.03. The van der Waals surface area contributed by atoms with E-state index in [-0.39, 0.29) is 31.4 Å². The average molecular weight is 500 g/mol. The minimum atomic E-state index is -0.548. The van der Waals surface area contributed by atoms with E-state index in [1.807, 2.05) is 31.2 Å². The number of aliphatic hydroxyl groups is 1. The minimum Gasteiger partial charge on any atom is -0.467 e. The SMILES string of the molecule is COc1ncc(-c2c(-c3ccc(N)cc3)c(=O)n(Cc3ccc(C)cc3)n3c(=O)n(CCO)nc23)cn1. The molecule has 0 fully saturated rings. The zero-order chi connectivity index (χ0) is 26.1. The van der Waals surface area contributed by atoms with Crippen LogP contribution in [0.2, 0.25) is 0 Å². The van der Waals surface area contributed by atoms with E-state index in [1.165, 1.54) is 28.7 Å². The van der Waals surface area contributed by atoms with E-state index in [4.69, 9.17) is 10.5 Å². The van der Waals surface area contributed by atoms with Crippen molar-refractivity contribution in [1.82, 2.24) is 28.9 Å². The van der Waals surface area contributed by atoms with Crippen LogP contribution in [0.3, 0.4) is 0 Å². The normalized spacial score (nSPS) is 11.2. The van der Waals surface area contributed by atoms with Crippen LogP contribution in [0.15, 0.2) is 70.5 Å². The second kappa shape index (κ2) is 9.70. The second-order valence-electron chi connectivity index (χ2n) is 8.54. The number of ether oxygens (including phenoxy) is 1. The molecule has 5 aromatic rings. The van der Waals surface area contributed by atoms with Gasteiger partial charge in [0.05, 0.1) is 32.4 Å². The Morgan fingerprint density at radius 1 is 0.946 bits per heavy atom.